The van der Waals surface area contributed by atoms with Gasteiger partial charge in [0, 0.05) is 30.7 Å². The summed E-state index contributed by atoms with van der Waals surface area (Å²) in [5.41, 5.74) is 0.425. The van der Waals surface area contributed by atoms with Crippen molar-refractivity contribution in [2.75, 3.05) is 30.9 Å². The van der Waals surface area contributed by atoms with Crippen LogP contribution in [0.5, 0.6) is 5.75 Å². The van der Waals surface area contributed by atoms with E-state index in [0.29, 0.717) is 42.6 Å². The number of hydrogen-bond acceptors (Lipinski definition) is 8. The van der Waals surface area contributed by atoms with Gasteiger partial charge < -0.3 is 9.64 Å². The lowest BCUT2D eigenvalue weighted by Crippen LogP contribution is -2.37. The molecule has 1 fully saturated rings. The third kappa shape index (κ3) is 5.01. The minimum atomic E-state index is -3.52. The number of aliphatic imine (C=N–C) groups is 1. The lowest BCUT2D eigenvalue weighted by molar-refractivity contribution is 0.331. The Morgan fingerprint density at radius 2 is 1.88 bits per heavy atom. The smallest absolute Gasteiger partial charge is 0.225 e. The molecule has 0 radical (unpaired) electrons. The van der Waals surface area contributed by atoms with E-state index in [2.05, 4.69) is 15.0 Å². The Labute approximate surface area is 186 Å². The van der Waals surface area contributed by atoms with Crippen LogP contribution in [0.4, 0.5) is 14.7 Å². The Morgan fingerprint density at radius 1 is 1.19 bits per heavy atom. The number of sulfone groups is 1. The van der Waals surface area contributed by atoms with E-state index in [1.54, 1.807) is 0 Å². The maximum atomic E-state index is 14.2. The second kappa shape index (κ2) is 9.02. The summed E-state index contributed by atoms with van der Waals surface area (Å²) in [6.45, 7) is 1.15. The van der Waals surface area contributed by atoms with E-state index in [-0.39, 0.29) is 23.2 Å². The second-order valence-electron chi connectivity index (χ2n) is 7.47. The van der Waals surface area contributed by atoms with Crippen molar-refractivity contribution >= 4 is 31.6 Å². The molecule has 8 nitrogen and oxygen atoms in total. The molecule has 0 spiro atoms. The van der Waals surface area contributed by atoms with Gasteiger partial charge in [0.1, 0.15) is 11.7 Å². The summed E-state index contributed by atoms with van der Waals surface area (Å²) in [7, 11) is -4.91. The molecule has 1 aromatic carbocycles. The van der Waals surface area contributed by atoms with Gasteiger partial charge in [-0.2, -0.15) is 0 Å². The summed E-state index contributed by atoms with van der Waals surface area (Å²) in [6, 6.07) is 3.41. The van der Waals surface area contributed by atoms with E-state index in [1.165, 1.54) is 17.5 Å². The molecule has 0 amide bonds. The summed E-state index contributed by atoms with van der Waals surface area (Å²) < 4.78 is 68.1. The van der Waals surface area contributed by atoms with Gasteiger partial charge in [0.25, 0.3) is 0 Å². The fourth-order valence-corrected chi connectivity index (χ4v) is 5.39. The van der Waals surface area contributed by atoms with Gasteiger partial charge in [-0.05, 0) is 31.0 Å². The molecule has 4 rings (SSSR count). The molecule has 2 aromatic rings. The summed E-state index contributed by atoms with van der Waals surface area (Å²) in [4.78, 5) is 14.2. The first-order chi connectivity index (χ1) is 15.2. The minimum Gasteiger partial charge on any atom is -0.484 e. The average molecular weight is 483 g/mol. The zero-order valence-corrected chi connectivity index (χ0v) is 18.7. The van der Waals surface area contributed by atoms with Crippen molar-refractivity contribution in [3.05, 3.63) is 53.3 Å². The number of piperidine rings is 1. The molecule has 2 aliphatic heterocycles. The van der Waals surface area contributed by atoms with Crippen LogP contribution in [-0.2, 0) is 20.6 Å². The van der Waals surface area contributed by atoms with Crippen molar-refractivity contribution in [2.24, 2.45) is 10.9 Å². The van der Waals surface area contributed by atoms with Crippen LogP contribution in [-0.4, -0.2) is 53.6 Å². The van der Waals surface area contributed by atoms with Gasteiger partial charge in [0.15, 0.2) is 27.2 Å². The standard InChI is InChI=1S/C20H20F2N4O4S2/c1-32(28,29)16-2-3-18(17(22)8-16)30-11-15-12-31(27)19(25-15)13-4-6-26(7-5-13)20-23-9-14(21)10-24-20/h2-3,8-10,12-13H,4-7,11H2,1H3. The number of hydrogen-bond donors (Lipinski definition) is 0. The number of nitrogens with zero attached hydrogens (tertiary/aromatic N) is 4. The molecule has 12 heteroatoms. The van der Waals surface area contributed by atoms with Gasteiger partial charge in [0.05, 0.1) is 33.8 Å². The summed E-state index contributed by atoms with van der Waals surface area (Å²) in [6.07, 6.45) is 4.62. The van der Waals surface area contributed by atoms with Gasteiger partial charge in [-0.25, -0.2) is 36.4 Å². The molecule has 1 aromatic heterocycles. The molecule has 32 heavy (non-hydrogen) atoms. The van der Waals surface area contributed by atoms with Crippen molar-refractivity contribution in [3.63, 3.8) is 0 Å². The molecule has 0 saturated carbocycles. The summed E-state index contributed by atoms with van der Waals surface area (Å²) >= 11 is 0. The zero-order valence-electron chi connectivity index (χ0n) is 17.1. The molecule has 1 atom stereocenters. The number of aromatic nitrogens is 2. The van der Waals surface area contributed by atoms with E-state index in [9.17, 15) is 21.4 Å². The first kappa shape index (κ1) is 22.5. The average Bonchev–Trinajstić information content (AvgIpc) is 3.13. The first-order valence-electron chi connectivity index (χ1n) is 9.75. The van der Waals surface area contributed by atoms with Crippen molar-refractivity contribution in [2.45, 2.75) is 17.7 Å². The third-order valence-corrected chi connectivity index (χ3v) is 7.58. The molecule has 0 aliphatic carbocycles. The first-order valence-corrected chi connectivity index (χ1v) is 12.9. The maximum Gasteiger partial charge on any atom is 0.225 e. The molecule has 2 aliphatic rings. The Bertz CT molecular complexity index is 1210. The van der Waals surface area contributed by atoms with E-state index < -0.39 is 32.3 Å². The number of halogens is 2. The third-order valence-electron chi connectivity index (χ3n) is 5.14. The Hall–Kier alpha value is -2.73. The zero-order chi connectivity index (χ0) is 22.9. The van der Waals surface area contributed by atoms with E-state index in [1.807, 2.05) is 4.90 Å². The largest absolute Gasteiger partial charge is 0.484 e. The highest BCUT2D eigenvalue weighted by Crippen LogP contribution is 2.28. The monoisotopic (exact) mass is 482 g/mol. The van der Waals surface area contributed by atoms with Crippen LogP contribution in [0, 0.1) is 17.6 Å². The summed E-state index contributed by atoms with van der Waals surface area (Å²) in [5, 5.41) is 2.03. The predicted molar refractivity (Wildman–Crippen MR) is 116 cm³/mol. The lowest BCUT2D eigenvalue weighted by atomic mass is 9.98. The SMILES string of the molecule is CS(=O)(=O)c1ccc(OCC2=CS(=O)C(C3CCN(c4ncc(F)cn4)CC3)=N2)c(F)c1. The Balaban J connectivity index is 1.36. The molecule has 0 bridgehead atoms. The van der Waals surface area contributed by atoms with Gasteiger partial charge in [0.2, 0.25) is 5.95 Å². The van der Waals surface area contributed by atoms with Crippen LogP contribution in [0.1, 0.15) is 12.8 Å². The Morgan fingerprint density at radius 3 is 2.50 bits per heavy atom. The van der Waals surface area contributed by atoms with Crippen LogP contribution >= 0.6 is 0 Å². The van der Waals surface area contributed by atoms with Crippen LogP contribution < -0.4 is 9.64 Å². The van der Waals surface area contributed by atoms with Crippen molar-refractivity contribution < 1.29 is 26.1 Å². The maximum absolute atomic E-state index is 14.2. The van der Waals surface area contributed by atoms with E-state index in [4.69, 9.17) is 4.74 Å². The second-order valence-corrected chi connectivity index (χ2v) is 10.7. The van der Waals surface area contributed by atoms with Gasteiger partial charge in [-0.1, -0.05) is 0 Å². The van der Waals surface area contributed by atoms with Crippen molar-refractivity contribution in [1.29, 1.82) is 0 Å². The number of benzene rings is 1. The van der Waals surface area contributed by atoms with E-state index >= 15 is 0 Å². The van der Waals surface area contributed by atoms with Crippen LogP contribution in [0.3, 0.4) is 0 Å². The van der Waals surface area contributed by atoms with E-state index in [0.717, 1.165) is 24.7 Å². The highest BCUT2D eigenvalue weighted by atomic mass is 32.2. The van der Waals surface area contributed by atoms with Crippen molar-refractivity contribution in [1.82, 2.24) is 9.97 Å². The fraction of sp³-hybridized carbons (Fsp3) is 0.350. The molecule has 3 heterocycles. The normalized spacial score (nSPS) is 19.6. The number of ether oxygens (including phenoxy) is 1. The number of anilines is 1. The molecule has 1 saturated heterocycles. The highest BCUT2D eigenvalue weighted by molar-refractivity contribution is 8.03. The van der Waals surface area contributed by atoms with Crippen LogP contribution in [0.25, 0.3) is 0 Å². The molecule has 1 unspecified atom stereocenters. The van der Waals surface area contributed by atoms with Crippen LogP contribution in [0.15, 0.2) is 51.6 Å². The molecule has 0 N–H and O–H groups in total. The molecular formula is C20H20F2N4O4S2. The lowest BCUT2D eigenvalue weighted by Gasteiger charge is -2.31. The minimum absolute atomic E-state index is 0.00654. The predicted octanol–water partition coefficient (Wildman–Crippen LogP) is 2.46. The number of rotatable bonds is 6. The van der Waals surface area contributed by atoms with Gasteiger partial charge >= 0.3 is 0 Å². The molecule has 170 valence electrons. The fourth-order valence-electron chi connectivity index (χ4n) is 3.49. The van der Waals surface area contributed by atoms with Crippen LogP contribution in [0.2, 0.25) is 0 Å². The summed E-state index contributed by atoms with van der Waals surface area (Å²) in [5.74, 6) is -0.943. The topological polar surface area (TPSA) is 102 Å². The quantitative estimate of drug-likeness (QED) is 0.623. The molecular weight excluding hydrogens is 462 g/mol. The van der Waals surface area contributed by atoms with Crippen molar-refractivity contribution in [3.8, 4) is 5.75 Å². The van der Waals surface area contributed by atoms with Gasteiger partial charge in [-0.15, -0.1) is 0 Å². The van der Waals surface area contributed by atoms with Gasteiger partial charge in [-0.3, -0.25) is 0 Å². The highest BCUT2D eigenvalue weighted by Gasteiger charge is 2.30. The Kier molecular flexibility index (Phi) is 6.33.